The van der Waals surface area contributed by atoms with Gasteiger partial charge in [0, 0.05) is 9.35 Å². The van der Waals surface area contributed by atoms with Gasteiger partial charge >= 0.3 is 5.97 Å². The number of hydrogen-bond donors (Lipinski definition) is 1. The zero-order valence-corrected chi connectivity index (χ0v) is 11.2. The smallest absolute Gasteiger partial charge is 0.328 e. The van der Waals surface area contributed by atoms with Crippen LogP contribution in [0.2, 0.25) is 0 Å². The van der Waals surface area contributed by atoms with E-state index in [2.05, 4.69) is 21.2 Å². The summed E-state index contributed by atoms with van der Waals surface area (Å²) in [5, 5.41) is 5.06. The van der Waals surface area contributed by atoms with Crippen molar-refractivity contribution in [2.75, 3.05) is 13.2 Å². The van der Waals surface area contributed by atoms with Crippen LogP contribution in [-0.4, -0.2) is 19.1 Å². The van der Waals surface area contributed by atoms with Crippen LogP contribution < -0.4 is 5.32 Å². The first kappa shape index (κ1) is 12.7. The Hall–Kier alpha value is -0.390. The predicted octanol–water partition coefficient (Wildman–Crippen LogP) is 2.72. The minimum absolute atomic E-state index is 0.220. The van der Waals surface area contributed by atoms with Crippen LogP contribution in [0.5, 0.6) is 0 Å². The Morgan fingerprint density at radius 2 is 2.40 bits per heavy atom. The van der Waals surface area contributed by atoms with Crippen LogP contribution in [0.25, 0.3) is 0 Å². The highest BCUT2D eigenvalue weighted by atomic mass is 79.9. The van der Waals surface area contributed by atoms with Gasteiger partial charge in [0.05, 0.1) is 6.61 Å². The second-order valence-corrected chi connectivity index (χ2v) is 4.68. The molecule has 1 aromatic rings. The number of esters is 1. The Bertz CT molecular complexity index is 327. The number of nitrogens with one attached hydrogen (secondary N) is 1. The maximum absolute atomic E-state index is 11.7. The molecule has 0 bridgehead atoms. The molecule has 84 valence electrons. The maximum Gasteiger partial charge on any atom is 0.328 e. The van der Waals surface area contributed by atoms with Gasteiger partial charge in [-0.2, -0.15) is 0 Å². The summed E-state index contributed by atoms with van der Waals surface area (Å²) < 4.78 is 5.97. The van der Waals surface area contributed by atoms with Gasteiger partial charge < -0.3 is 10.1 Å². The Labute approximate surface area is 102 Å². The van der Waals surface area contributed by atoms with E-state index in [1.165, 1.54) is 0 Å². The average molecular weight is 292 g/mol. The van der Waals surface area contributed by atoms with Crippen molar-refractivity contribution in [3.05, 3.63) is 20.8 Å². The average Bonchev–Trinajstić information content (AvgIpc) is 2.61. The lowest BCUT2D eigenvalue weighted by molar-refractivity contribution is -0.145. The molecule has 0 amide bonds. The van der Waals surface area contributed by atoms with Crippen molar-refractivity contribution in [3.63, 3.8) is 0 Å². The second-order valence-electron chi connectivity index (χ2n) is 2.88. The van der Waals surface area contributed by atoms with Crippen LogP contribution in [0, 0.1) is 0 Å². The van der Waals surface area contributed by atoms with Crippen LogP contribution in [0.1, 0.15) is 24.8 Å². The van der Waals surface area contributed by atoms with Gasteiger partial charge in [0.25, 0.3) is 0 Å². The van der Waals surface area contributed by atoms with Gasteiger partial charge in [-0.05, 0) is 40.8 Å². The van der Waals surface area contributed by atoms with Gasteiger partial charge in [-0.25, -0.2) is 4.79 Å². The van der Waals surface area contributed by atoms with E-state index in [4.69, 9.17) is 4.74 Å². The largest absolute Gasteiger partial charge is 0.465 e. The molecular weight excluding hydrogens is 278 g/mol. The Balaban J connectivity index is 2.83. The molecule has 0 spiro atoms. The summed E-state index contributed by atoms with van der Waals surface area (Å²) in [5.41, 5.74) is 0. The van der Waals surface area contributed by atoms with Gasteiger partial charge in [0.1, 0.15) is 6.04 Å². The van der Waals surface area contributed by atoms with E-state index < -0.39 is 0 Å². The van der Waals surface area contributed by atoms with Gasteiger partial charge in [-0.15, -0.1) is 11.3 Å². The highest BCUT2D eigenvalue weighted by Gasteiger charge is 2.23. The monoisotopic (exact) mass is 291 g/mol. The fraction of sp³-hybridized carbons (Fsp3) is 0.500. The maximum atomic E-state index is 11.7. The number of carbonyl (C=O) groups is 1. The number of halogens is 1. The zero-order chi connectivity index (χ0) is 11.3. The van der Waals surface area contributed by atoms with E-state index in [0.29, 0.717) is 6.61 Å². The first-order valence-corrected chi connectivity index (χ1v) is 6.50. The van der Waals surface area contributed by atoms with Gasteiger partial charge in [0.2, 0.25) is 0 Å². The molecule has 0 fully saturated rings. The summed E-state index contributed by atoms with van der Waals surface area (Å²) in [6.07, 6.45) is 0. The zero-order valence-electron chi connectivity index (χ0n) is 8.75. The Morgan fingerprint density at radius 1 is 1.67 bits per heavy atom. The Kier molecular flexibility index (Phi) is 5.28. The van der Waals surface area contributed by atoms with Crippen molar-refractivity contribution in [1.29, 1.82) is 0 Å². The van der Waals surface area contributed by atoms with Crippen molar-refractivity contribution in [1.82, 2.24) is 5.32 Å². The molecule has 1 aromatic heterocycles. The summed E-state index contributed by atoms with van der Waals surface area (Å²) in [4.78, 5) is 12.7. The molecule has 1 unspecified atom stereocenters. The first-order valence-electron chi connectivity index (χ1n) is 4.83. The molecule has 1 rings (SSSR count). The lowest BCUT2D eigenvalue weighted by Gasteiger charge is -2.15. The van der Waals surface area contributed by atoms with Gasteiger partial charge in [-0.1, -0.05) is 6.92 Å². The summed E-state index contributed by atoms with van der Waals surface area (Å²) in [7, 11) is 0. The van der Waals surface area contributed by atoms with Gasteiger partial charge in [0.15, 0.2) is 0 Å². The third kappa shape index (κ3) is 3.29. The summed E-state index contributed by atoms with van der Waals surface area (Å²) in [6.45, 7) is 4.91. The highest BCUT2D eigenvalue weighted by molar-refractivity contribution is 9.10. The van der Waals surface area contributed by atoms with E-state index in [-0.39, 0.29) is 12.0 Å². The number of carbonyl (C=O) groups excluding carboxylic acids is 1. The molecule has 0 aromatic carbocycles. The molecule has 15 heavy (non-hydrogen) atoms. The third-order valence-electron chi connectivity index (χ3n) is 1.84. The lowest BCUT2D eigenvalue weighted by Crippen LogP contribution is -2.29. The van der Waals surface area contributed by atoms with Crippen LogP contribution in [-0.2, 0) is 9.53 Å². The van der Waals surface area contributed by atoms with E-state index in [9.17, 15) is 4.79 Å². The summed E-state index contributed by atoms with van der Waals surface area (Å²) in [6, 6.07) is 1.58. The fourth-order valence-electron chi connectivity index (χ4n) is 1.22. The molecule has 0 radical (unpaired) electrons. The van der Waals surface area contributed by atoms with Crippen molar-refractivity contribution in [3.8, 4) is 0 Å². The molecule has 0 saturated carbocycles. The second kappa shape index (κ2) is 6.25. The van der Waals surface area contributed by atoms with Crippen molar-refractivity contribution in [2.45, 2.75) is 19.9 Å². The summed E-state index contributed by atoms with van der Waals surface area (Å²) >= 11 is 4.96. The fourth-order valence-corrected chi connectivity index (χ4v) is 2.89. The van der Waals surface area contributed by atoms with Gasteiger partial charge in [-0.3, -0.25) is 0 Å². The minimum Gasteiger partial charge on any atom is -0.465 e. The van der Waals surface area contributed by atoms with Crippen molar-refractivity contribution >= 4 is 33.2 Å². The normalized spacial score (nSPS) is 12.5. The molecule has 0 aliphatic heterocycles. The number of thiophene rings is 1. The first-order chi connectivity index (χ1) is 7.20. The van der Waals surface area contributed by atoms with Crippen LogP contribution in [0.3, 0.4) is 0 Å². The number of likely N-dealkylation sites (N-methyl/N-ethyl adjacent to an activating group) is 1. The number of ether oxygens (including phenoxy) is 1. The molecule has 0 aliphatic carbocycles. The van der Waals surface area contributed by atoms with Crippen molar-refractivity contribution in [2.24, 2.45) is 0 Å². The van der Waals surface area contributed by atoms with E-state index >= 15 is 0 Å². The summed E-state index contributed by atoms with van der Waals surface area (Å²) in [5.74, 6) is -0.220. The van der Waals surface area contributed by atoms with E-state index in [1.54, 1.807) is 11.3 Å². The third-order valence-corrected chi connectivity index (χ3v) is 3.77. The molecule has 1 heterocycles. The van der Waals surface area contributed by atoms with Crippen LogP contribution >= 0.6 is 27.3 Å². The predicted molar refractivity (Wildman–Crippen MR) is 65.1 cm³/mol. The standard InChI is InChI=1S/C10H14BrNO2S/c1-3-12-8(10(13)14-4-2)9-7(11)5-6-15-9/h5-6,8,12H,3-4H2,1-2H3. The van der Waals surface area contributed by atoms with Crippen LogP contribution in [0.15, 0.2) is 15.9 Å². The quantitative estimate of drug-likeness (QED) is 0.848. The molecule has 0 saturated heterocycles. The molecule has 0 aliphatic rings. The minimum atomic E-state index is -0.357. The van der Waals surface area contributed by atoms with E-state index in [0.717, 1.165) is 15.9 Å². The SMILES string of the molecule is CCNC(C(=O)OCC)c1sccc1Br. The topological polar surface area (TPSA) is 38.3 Å². The highest BCUT2D eigenvalue weighted by Crippen LogP contribution is 2.29. The number of hydrogen-bond acceptors (Lipinski definition) is 4. The molecule has 5 heteroatoms. The van der Waals surface area contributed by atoms with Crippen LogP contribution in [0.4, 0.5) is 0 Å². The Morgan fingerprint density at radius 3 is 2.87 bits per heavy atom. The molecule has 1 N–H and O–H groups in total. The molecular formula is C10H14BrNO2S. The van der Waals surface area contributed by atoms with E-state index in [1.807, 2.05) is 25.3 Å². The number of rotatable bonds is 5. The lowest BCUT2D eigenvalue weighted by atomic mass is 10.2. The molecule has 3 nitrogen and oxygen atoms in total. The van der Waals surface area contributed by atoms with Crippen molar-refractivity contribution < 1.29 is 9.53 Å². The molecule has 1 atom stereocenters.